The van der Waals surface area contributed by atoms with Crippen molar-refractivity contribution < 1.29 is 14.4 Å². The van der Waals surface area contributed by atoms with Crippen LogP contribution in [-0.2, 0) is 14.4 Å². The number of hydrogen-bond donors (Lipinski definition) is 0. The van der Waals surface area contributed by atoms with Crippen molar-refractivity contribution in [1.82, 2.24) is 4.90 Å². The molecule has 2 fully saturated rings. The zero-order chi connectivity index (χ0) is 18.7. The van der Waals surface area contributed by atoms with Crippen molar-refractivity contribution in [2.24, 2.45) is 0 Å². The summed E-state index contributed by atoms with van der Waals surface area (Å²) in [6, 6.07) is 6.78. The van der Waals surface area contributed by atoms with Crippen LogP contribution in [0.25, 0.3) is 0 Å². The molecule has 0 bridgehead atoms. The molecule has 1 heterocycles. The largest absolute Gasteiger partial charge is 0.327 e. The maximum atomic E-state index is 13.1. The van der Waals surface area contributed by atoms with Crippen molar-refractivity contribution in [2.75, 3.05) is 4.90 Å². The molecule has 0 spiro atoms. The van der Waals surface area contributed by atoms with Crippen LogP contribution >= 0.6 is 22.6 Å². The molecule has 0 radical (unpaired) electrons. The minimum atomic E-state index is -0.649. The first kappa shape index (κ1) is 19.3. The first-order valence-corrected chi connectivity index (χ1v) is 10.5. The van der Waals surface area contributed by atoms with Gasteiger partial charge in [0.2, 0.25) is 11.8 Å². The van der Waals surface area contributed by atoms with Crippen LogP contribution in [0.5, 0.6) is 0 Å². The summed E-state index contributed by atoms with van der Waals surface area (Å²) in [6.07, 6.45) is 6.46. The molecule has 1 aromatic rings. The van der Waals surface area contributed by atoms with Gasteiger partial charge in [0, 0.05) is 16.0 Å². The van der Waals surface area contributed by atoms with Gasteiger partial charge < -0.3 is 4.90 Å². The highest BCUT2D eigenvalue weighted by Gasteiger charge is 2.46. The molecular weight excluding hydrogens is 443 g/mol. The molecule has 1 unspecified atom stereocenters. The van der Waals surface area contributed by atoms with E-state index in [1.807, 2.05) is 19.1 Å². The Labute approximate surface area is 168 Å². The van der Waals surface area contributed by atoms with E-state index in [4.69, 9.17) is 0 Å². The highest BCUT2D eigenvalue weighted by Crippen LogP contribution is 2.31. The van der Waals surface area contributed by atoms with Crippen LogP contribution in [0.1, 0.15) is 58.3 Å². The molecule has 0 N–H and O–H groups in total. The number of benzene rings is 1. The predicted molar refractivity (Wildman–Crippen MR) is 109 cm³/mol. The van der Waals surface area contributed by atoms with Gasteiger partial charge in [-0.25, -0.2) is 4.90 Å². The van der Waals surface area contributed by atoms with Gasteiger partial charge in [0.1, 0.15) is 6.04 Å². The van der Waals surface area contributed by atoms with E-state index in [0.29, 0.717) is 12.1 Å². The van der Waals surface area contributed by atoms with Crippen LogP contribution in [0, 0.1) is 3.57 Å². The third-order valence-corrected chi connectivity index (χ3v) is 5.98. The summed E-state index contributed by atoms with van der Waals surface area (Å²) >= 11 is 2.19. The summed E-state index contributed by atoms with van der Waals surface area (Å²) in [4.78, 5) is 41.5. The fourth-order valence-corrected chi connectivity index (χ4v) is 4.39. The molecule has 6 heteroatoms. The van der Waals surface area contributed by atoms with Crippen molar-refractivity contribution >= 4 is 46.0 Å². The minimum Gasteiger partial charge on any atom is -0.327 e. The first-order chi connectivity index (χ1) is 12.5. The molecule has 1 aliphatic carbocycles. The number of halogens is 1. The van der Waals surface area contributed by atoms with Crippen molar-refractivity contribution in [3.05, 3.63) is 27.8 Å². The van der Waals surface area contributed by atoms with Gasteiger partial charge in [-0.3, -0.25) is 14.4 Å². The van der Waals surface area contributed by atoms with Crippen LogP contribution in [0.2, 0.25) is 0 Å². The standard InChI is InChI=1S/C20H25IN2O3/c1-2-6-18(24)22(15-7-4-3-5-8-15)17-13-19(25)23(20(17)26)16-11-9-14(21)10-12-16/h9-12,15,17H,2-8,13H2,1H3. The second-order valence-corrected chi connectivity index (χ2v) is 8.35. The number of carbonyl (C=O) groups excluding carboxylic acids is 3. The third-order valence-electron chi connectivity index (χ3n) is 5.26. The lowest BCUT2D eigenvalue weighted by Crippen LogP contribution is -2.51. The second kappa shape index (κ2) is 8.50. The van der Waals surface area contributed by atoms with Crippen LogP contribution in [-0.4, -0.2) is 34.7 Å². The summed E-state index contributed by atoms with van der Waals surface area (Å²) in [7, 11) is 0. The number of imide groups is 1. The summed E-state index contributed by atoms with van der Waals surface area (Å²) in [5, 5.41) is 0. The van der Waals surface area contributed by atoms with Gasteiger partial charge in [0.05, 0.1) is 12.1 Å². The molecule has 1 aliphatic heterocycles. The van der Waals surface area contributed by atoms with Crippen molar-refractivity contribution in [3.8, 4) is 0 Å². The van der Waals surface area contributed by atoms with Crippen molar-refractivity contribution in [2.45, 2.75) is 70.4 Å². The zero-order valence-electron chi connectivity index (χ0n) is 15.1. The van der Waals surface area contributed by atoms with Gasteiger partial charge in [-0.1, -0.05) is 26.2 Å². The zero-order valence-corrected chi connectivity index (χ0v) is 17.3. The van der Waals surface area contributed by atoms with E-state index in [1.165, 1.54) is 11.3 Å². The molecule has 1 atom stereocenters. The Balaban J connectivity index is 1.87. The Morgan fingerprint density at radius 2 is 1.81 bits per heavy atom. The highest BCUT2D eigenvalue weighted by atomic mass is 127. The summed E-state index contributed by atoms with van der Waals surface area (Å²) in [6.45, 7) is 1.97. The van der Waals surface area contributed by atoms with Gasteiger partial charge >= 0.3 is 0 Å². The monoisotopic (exact) mass is 468 g/mol. The molecule has 26 heavy (non-hydrogen) atoms. The fraction of sp³-hybridized carbons (Fsp3) is 0.550. The molecule has 140 valence electrons. The molecule has 0 aromatic heterocycles. The lowest BCUT2D eigenvalue weighted by molar-refractivity contribution is -0.141. The number of carbonyl (C=O) groups is 3. The number of rotatable bonds is 5. The molecule has 3 rings (SSSR count). The SMILES string of the molecule is CCCC(=O)N(C1CCCCC1)C1CC(=O)N(c2ccc(I)cc2)C1=O. The number of amides is 3. The molecule has 1 aromatic carbocycles. The maximum absolute atomic E-state index is 13.1. The van der Waals surface area contributed by atoms with Gasteiger partial charge in [-0.05, 0) is 66.1 Å². The van der Waals surface area contributed by atoms with E-state index >= 15 is 0 Å². The normalized spacial score (nSPS) is 21.3. The van der Waals surface area contributed by atoms with Crippen LogP contribution in [0.4, 0.5) is 5.69 Å². The average Bonchev–Trinajstić information content (AvgIpc) is 2.92. The fourth-order valence-electron chi connectivity index (χ4n) is 4.03. The van der Waals surface area contributed by atoms with Gasteiger partial charge in [0.15, 0.2) is 0 Å². The van der Waals surface area contributed by atoms with Crippen molar-refractivity contribution in [1.29, 1.82) is 0 Å². The quantitative estimate of drug-likeness (QED) is 0.487. The maximum Gasteiger partial charge on any atom is 0.257 e. The van der Waals surface area contributed by atoms with E-state index in [0.717, 1.165) is 35.7 Å². The number of hydrogen-bond acceptors (Lipinski definition) is 3. The Morgan fingerprint density at radius 1 is 1.15 bits per heavy atom. The molecular formula is C20H25IN2O3. The number of anilines is 1. The van der Waals surface area contributed by atoms with E-state index < -0.39 is 6.04 Å². The Kier molecular flexibility index (Phi) is 6.32. The predicted octanol–water partition coefficient (Wildman–Crippen LogP) is 3.88. The molecule has 1 saturated carbocycles. The molecule has 3 amide bonds. The topological polar surface area (TPSA) is 57.7 Å². The molecule has 1 saturated heterocycles. The van der Waals surface area contributed by atoms with E-state index in [1.54, 1.807) is 17.0 Å². The second-order valence-electron chi connectivity index (χ2n) is 7.11. The van der Waals surface area contributed by atoms with Crippen LogP contribution < -0.4 is 4.90 Å². The lowest BCUT2D eigenvalue weighted by Gasteiger charge is -2.37. The molecule has 2 aliphatic rings. The molecule has 5 nitrogen and oxygen atoms in total. The summed E-state index contributed by atoms with van der Waals surface area (Å²) in [5.74, 6) is -0.465. The van der Waals surface area contributed by atoms with Crippen LogP contribution in [0.3, 0.4) is 0 Å². The highest BCUT2D eigenvalue weighted by molar-refractivity contribution is 14.1. The van der Waals surface area contributed by atoms with Gasteiger partial charge in [0.25, 0.3) is 5.91 Å². The Bertz CT molecular complexity index is 683. The Morgan fingerprint density at radius 3 is 2.42 bits per heavy atom. The third kappa shape index (κ3) is 3.94. The van der Waals surface area contributed by atoms with E-state index in [2.05, 4.69) is 22.6 Å². The number of nitrogens with zero attached hydrogens (tertiary/aromatic N) is 2. The summed E-state index contributed by atoms with van der Waals surface area (Å²) in [5.41, 5.74) is 0.592. The first-order valence-electron chi connectivity index (χ1n) is 9.46. The van der Waals surface area contributed by atoms with Gasteiger partial charge in [-0.15, -0.1) is 0 Å². The van der Waals surface area contributed by atoms with E-state index in [9.17, 15) is 14.4 Å². The Hall–Kier alpha value is -1.44. The van der Waals surface area contributed by atoms with Crippen molar-refractivity contribution in [3.63, 3.8) is 0 Å². The smallest absolute Gasteiger partial charge is 0.257 e. The van der Waals surface area contributed by atoms with E-state index in [-0.39, 0.29) is 30.2 Å². The summed E-state index contributed by atoms with van der Waals surface area (Å²) < 4.78 is 1.05. The average molecular weight is 468 g/mol. The minimum absolute atomic E-state index is 0.00927. The van der Waals surface area contributed by atoms with Crippen LogP contribution in [0.15, 0.2) is 24.3 Å². The lowest BCUT2D eigenvalue weighted by atomic mass is 9.92. The van der Waals surface area contributed by atoms with Gasteiger partial charge in [-0.2, -0.15) is 0 Å².